The lowest BCUT2D eigenvalue weighted by Gasteiger charge is -2.38. The second-order valence-electron chi connectivity index (χ2n) is 3.58. The number of carbonyl (C=O) groups is 2. The lowest BCUT2D eigenvalue weighted by atomic mass is 10.2. The van der Waals surface area contributed by atoms with Crippen LogP contribution in [-0.4, -0.2) is 59.0 Å². The Morgan fingerprint density at radius 1 is 1.64 bits per heavy atom. The number of carbonyl (C=O) groups excluding carboxylic acids is 1. The molecule has 5 nitrogen and oxygen atoms in total. The average Bonchev–Trinajstić information content (AvgIpc) is 2.10. The number of carboxylic acids is 1. The molecule has 1 saturated heterocycles. The standard InChI is InChI=1S/C9H16N2O3/c1-3-10-4-7(2)11(5-8(10)12)6-9(13)14/h7H,3-6H2,1-2H3,(H,13,14). The van der Waals surface area contributed by atoms with E-state index in [2.05, 4.69) is 0 Å². The normalized spacial score (nSPS) is 24.0. The summed E-state index contributed by atoms with van der Waals surface area (Å²) >= 11 is 0. The minimum absolute atomic E-state index is 0.0202. The van der Waals surface area contributed by atoms with Gasteiger partial charge in [0.1, 0.15) is 0 Å². The molecule has 1 fully saturated rings. The number of amides is 1. The van der Waals surface area contributed by atoms with Gasteiger partial charge < -0.3 is 10.0 Å². The van der Waals surface area contributed by atoms with E-state index in [4.69, 9.17) is 5.11 Å². The van der Waals surface area contributed by atoms with Crippen molar-refractivity contribution in [3.05, 3.63) is 0 Å². The molecule has 0 saturated carbocycles. The van der Waals surface area contributed by atoms with Crippen molar-refractivity contribution in [2.45, 2.75) is 19.9 Å². The Kier molecular flexibility index (Phi) is 3.46. The van der Waals surface area contributed by atoms with Crippen LogP contribution in [0.2, 0.25) is 0 Å². The summed E-state index contributed by atoms with van der Waals surface area (Å²) in [4.78, 5) is 25.4. The molecular formula is C9H16N2O3. The van der Waals surface area contributed by atoms with E-state index in [0.29, 0.717) is 13.1 Å². The number of aliphatic carboxylic acids is 1. The van der Waals surface area contributed by atoms with E-state index in [0.717, 1.165) is 0 Å². The molecule has 0 spiro atoms. The summed E-state index contributed by atoms with van der Waals surface area (Å²) in [6.45, 7) is 5.37. The molecule has 80 valence electrons. The van der Waals surface area contributed by atoms with Crippen molar-refractivity contribution in [3.8, 4) is 0 Å². The van der Waals surface area contributed by atoms with E-state index in [9.17, 15) is 9.59 Å². The number of nitrogens with zero attached hydrogens (tertiary/aromatic N) is 2. The molecule has 0 aromatic carbocycles. The van der Waals surface area contributed by atoms with Gasteiger partial charge in [-0.2, -0.15) is 0 Å². The number of piperazine rings is 1. The van der Waals surface area contributed by atoms with Gasteiger partial charge in [0.25, 0.3) is 0 Å². The van der Waals surface area contributed by atoms with Gasteiger partial charge in [-0.15, -0.1) is 0 Å². The second kappa shape index (κ2) is 4.41. The molecule has 1 amide bonds. The predicted molar refractivity (Wildman–Crippen MR) is 50.9 cm³/mol. The summed E-state index contributed by atoms with van der Waals surface area (Å²) in [5, 5.41) is 8.63. The van der Waals surface area contributed by atoms with E-state index >= 15 is 0 Å². The van der Waals surface area contributed by atoms with Crippen LogP contribution in [0.15, 0.2) is 0 Å². The van der Waals surface area contributed by atoms with E-state index in [-0.39, 0.29) is 25.0 Å². The highest BCUT2D eigenvalue weighted by Crippen LogP contribution is 2.09. The van der Waals surface area contributed by atoms with Gasteiger partial charge in [0.15, 0.2) is 0 Å². The largest absolute Gasteiger partial charge is 0.480 e. The summed E-state index contributed by atoms with van der Waals surface area (Å²) in [6, 6.07) is 0.128. The molecule has 1 atom stereocenters. The summed E-state index contributed by atoms with van der Waals surface area (Å²) in [6.07, 6.45) is 0. The fourth-order valence-corrected chi connectivity index (χ4v) is 1.66. The van der Waals surface area contributed by atoms with Crippen molar-refractivity contribution in [1.29, 1.82) is 0 Å². The third-order valence-corrected chi connectivity index (χ3v) is 2.52. The highest BCUT2D eigenvalue weighted by atomic mass is 16.4. The zero-order chi connectivity index (χ0) is 10.7. The average molecular weight is 200 g/mol. The first-order chi connectivity index (χ1) is 6.54. The highest BCUT2D eigenvalue weighted by molar-refractivity contribution is 5.80. The molecule has 0 aromatic heterocycles. The van der Waals surface area contributed by atoms with Crippen LogP contribution < -0.4 is 0 Å². The summed E-state index contributed by atoms with van der Waals surface area (Å²) in [7, 11) is 0. The molecule has 1 N–H and O–H groups in total. The Balaban J connectivity index is 2.57. The first-order valence-corrected chi connectivity index (χ1v) is 4.78. The van der Waals surface area contributed by atoms with E-state index < -0.39 is 5.97 Å². The molecule has 1 aliphatic rings. The van der Waals surface area contributed by atoms with Crippen LogP contribution in [0.3, 0.4) is 0 Å². The molecule has 0 radical (unpaired) electrons. The van der Waals surface area contributed by atoms with Gasteiger partial charge in [-0.05, 0) is 13.8 Å². The topological polar surface area (TPSA) is 60.9 Å². The molecule has 1 unspecified atom stereocenters. The summed E-state index contributed by atoms with van der Waals surface area (Å²) < 4.78 is 0. The van der Waals surface area contributed by atoms with Gasteiger partial charge >= 0.3 is 5.97 Å². The monoisotopic (exact) mass is 200 g/mol. The fraction of sp³-hybridized carbons (Fsp3) is 0.778. The molecule has 1 aliphatic heterocycles. The van der Waals surface area contributed by atoms with Crippen molar-refractivity contribution in [2.24, 2.45) is 0 Å². The maximum Gasteiger partial charge on any atom is 0.317 e. The van der Waals surface area contributed by atoms with Crippen LogP contribution in [0.25, 0.3) is 0 Å². The first-order valence-electron chi connectivity index (χ1n) is 4.78. The third-order valence-electron chi connectivity index (χ3n) is 2.52. The molecule has 0 aliphatic carbocycles. The van der Waals surface area contributed by atoms with E-state index in [1.54, 1.807) is 9.80 Å². The van der Waals surface area contributed by atoms with Crippen molar-refractivity contribution in [3.63, 3.8) is 0 Å². The summed E-state index contributed by atoms with van der Waals surface area (Å²) in [5.41, 5.74) is 0. The van der Waals surface area contributed by atoms with Crippen LogP contribution >= 0.6 is 0 Å². The molecule has 0 aromatic rings. The zero-order valence-electron chi connectivity index (χ0n) is 8.56. The molecule has 1 heterocycles. The number of rotatable bonds is 3. The van der Waals surface area contributed by atoms with Gasteiger partial charge in [-0.1, -0.05) is 0 Å². The van der Waals surface area contributed by atoms with Crippen molar-refractivity contribution in [2.75, 3.05) is 26.2 Å². The smallest absolute Gasteiger partial charge is 0.317 e. The zero-order valence-corrected chi connectivity index (χ0v) is 8.56. The number of likely N-dealkylation sites (N-methyl/N-ethyl adjacent to an activating group) is 1. The Labute approximate surface area is 83.3 Å². The number of hydrogen-bond acceptors (Lipinski definition) is 3. The molecule has 0 bridgehead atoms. The van der Waals surface area contributed by atoms with Gasteiger partial charge in [0.2, 0.25) is 5.91 Å². The van der Waals surface area contributed by atoms with Crippen molar-refractivity contribution < 1.29 is 14.7 Å². The van der Waals surface area contributed by atoms with Gasteiger partial charge in [-0.3, -0.25) is 14.5 Å². The second-order valence-corrected chi connectivity index (χ2v) is 3.58. The minimum atomic E-state index is -0.880. The highest BCUT2D eigenvalue weighted by Gasteiger charge is 2.29. The Hall–Kier alpha value is -1.10. The van der Waals surface area contributed by atoms with Crippen LogP contribution in [0.4, 0.5) is 0 Å². The van der Waals surface area contributed by atoms with Gasteiger partial charge in [0.05, 0.1) is 13.1 Å². The Morgan fingerprint density at radius 2 is 2.29 bits per heavy atom. The molecular weight excluding hydrogens is 184 g/mol. The van der Waals surface area contributed by atoms with E-state index in [1.807, 2.05) is 13.8 Å². The maximum atomic E-state index is 11.5. The van der Waals surface area contributed by atoms with Gasteiger partial charge in [0, 0.05) is 19.1 Å². The quantitative estimate of drug-likeness (QED) is 0.675. The minimum Gasteiger partial charge on any atom is -0.480 e. The van der Waals surface area contributed by atoms with E-state index in [1.165, 1.54) is 0 Å². The molecule has 14 heavy (non-hydrogen) atoms. The van der Waals surface area contributed by atoms with Crippen LogP contribution in [-0.2, 0) is 9.59 Å². The van der Waals surface area contributed by atoms with Crippen LogP contribution in [0, 0.1) is 0 Å². The SMILES string of the molecule is CCN1CC(C)N(CC(=O)O)CC1=O. The van der Waals surface area contributed by atoms with Crippen LogP contribution in [0.5, 0.6) is 0 Å². The third kappa shape index (κ3) is 2.45. The Morgan fingerprint density at radius 3 is 2.79 bits per heavy atom. The number of carboxylic acid groups (broad SMARTS) is 1. The first kappa shape index (κ1) is 11.0. The molecule has 5 heteroatoms. The van der Waals surface area contributed by atoms with Gasteiger partial charge in [-0.25, -0.2) is 0 Å². The van der Waals surface area contributed by atoms with Crippen molar-refractivity contribution in [1.82, 2.24) is 9.80 Å². The fourth-order valence-electron chi connectivity index (χ4n) is 1.66. The van der Waals surface area contributed by atoms with Crippen molar-refractivity contribution >= 4 is 11.9 Å². The lowest BCUT2D eigenvalue weighted by Crippen LogP contribution is -2.55. The molecule has 1 rings (SSSR count). The summed E-state index contributed by atoms with van der Waals surface area (Å²) in [5.74, 6) is -0.860. The number of hydrogen-bond donors (Lipinski definition) is 1. The Bertz CT molecular complexity index is 242. The maximum absolute atomic E-state index is 11.5. The predicted octanol–water partition coefficient (Wildman–Crippen LogP) is -0.376. The van der Waals surface area contributed by atoms with Crippen LogP contribution in [0.1, 0.15) is 13.8 Å². The lowest BCUT2D eigenvalue weighted by molar-refractivity contribution is -0.144.